The third-order valence-corrected chi connectivity index (χ3v) is 2.96. The second-order valence-electron chi connectivity index (χ2n) is 4.61. The van der Waals surface area contributed by atoms with Crippen molar-refractivity contribution in [3.05, 3.63) is 35.9 Å². The van der Waals surface area contributed by atoms with Crippen LogP contribution in [-0.2, 0) is 6.42 Å². The number of hydrogen-bond donors (Lipinski definition) is 0. The first-order valence-corrected chi connectivity index (χ1v) is 8.39. The van der Waals surface area contributed by atoms with Crippen LogP contribution >= 0.6 is 0 Å². The van der Waals surface area contributed by atoms with E-state index in [9.17, 15) is 0 Å². The van der Waals surface area contributed by atoms with Gasteiger partial charge in [-0.3, -0.25) is 0 Å². The monoisotopic (exact) mass is 264 g/mol. The van der Waals surface area contributed by atoms with Crippen molar-refractivity contribution in [2.45, 2.75) is 86.0 Å². The van der Waals surface area contributed by atoms with Gasteiger partial charge in [-0.1, -0.05) is 110 Å². The van der Waals surface area contributed by atoms with Crippen LogP contribution in [-0.4, -0.2) is 0 Å². The van der Waals surface area contributed by atoms with Crippen molar-refractivity contribution in [1.29, 1.82) is 0 Å². The molecule has 1 aromatic carbocycles. The van der Waals surface area contributed by atoms with Gasteiger partial charge in [-0.15, -0.1) is 0 Å². The van der Waals surface area contributed by atoms with Crippen molar-refractivity contribution in [2.24, 2.45) is 0 Å². The Morgan fingerprint density at radius 3 is 1.37 bits per heavy atom. The first kappa shape index (κ1) is 20.5. The third kappa shape index (κ3) is 17.2. The van der Waals surface area contributed by atoms with E-state index in [0.717, 1.165) is 6.42 Å². The van der Waals surface area contributed by atoms with Gasteiger partial charge in [0, 0.05) is 0 Å². The van der Waals surface area contributed by atoms with Crippen LogP contribution in [0.3, 0.4) is 0 Å². The molecule has 1 aromatic rings. The molecule has 0 N–H and O–H groups in total. The molecule has 0 unspecified atom stereocenters. The molecule has 0 aromatic heterocycles. The zero-order chi connectivity index (χ0) is 14.8. The maximum absolute atomic E-state index is 2.26. The van der Waals surface area contributed by atoms with Crippen molar-refractivity contribution in [3.63, 3.8) is 0 Å². The van der Waals surface area contributed by atoms with Gasteiger partial charge in [0.15, 0.2) is 0 Å². The first-order valence-electron chi connectivity index (χ1n) is 8.39. The lowest BCUT2D eigenvalue weighted by Gasteiger charge is -1.96. The molecule has 112 valence electrons. The highest BCUT2D eigenvalue weighted by atomic mass is 13.9. The zero-order valence-electron chi connectivity index (χ0n) is 14.0. The van der Waals surface area contributed by atoms with Crippen LogP contribution in [0.4, 0.5) is 0 Å². The van der Waals surface area contributed by atoms with Gasteiger partial charge in [-0.2, -0.15) is 0 Å². The number of aryl methyl sites for hydroxylation is 1. The average molecular weight is 264 g/mol. The Morgan fingerprint density at radius 1 is 0.632 bits per heavy atom. The number of benzene rings is 1. The molecule has 0 saturated heterocycles. The molecule has 1 rings (SSSR count). The molecule has 0 fully saturated rings. The summed E-state index contributed by atoms with van der Waals surface area (Å²) < 4.78 is 0. The fourth-order valence-electron chi connectivity index (χ4n) is 1.74. The minimum Gasteiger partial charge on any atom is -0.0683 e. The molecule has 19 heavy (non-hydrogen) atoms. The minimum atomic E-state index is 1.14. The maximum atomic E-state index is 2.26. The lowest BCUT2D eigenvalue weighted by atomic mass is 10.1. The summed E-state index contributed by atoms with van der Waals surface area (Å²) in [7, 11) is 0. The molecule has 0 aliphatic carbocycles. The summed E-state index contributed by atoms with van der Waals surface area (Å²) in [6.07, 6.45) is 11.1. The van der Waals surface area contributed by atoms with E-state index >= 15 is 0 Å². The van der Waals surface area contributed by atoms with E-state index in [-0.39, 0.29) is 0 Å². The van der Waals surface area contributed by atoms with Crippen LogP contribution in [0.5, 0.6) is 0 Å². The summed E-state index contributed by atoms with van der Waals surface area (Å²) in [4.78, 5) is 0. The van der Waals surface area contributed by atoms with E-state index in [1.807, 2.05) is 19.9 Å². The predicted molar refractivity (Wildman–Crippen MR) is 90.8 cm³/mol. The summed E-state index contributed by atoms with van der Waals surface area (Å²) in [5.74, 6) is 0. The summed E-state index contributed by atoms with van der Waals surface area (Å²) in [5, 5.41) is 0. The van der Waals surface area contributed by atoms with Gasteiger partial charge >= 0.3 is 0 Å². The van der Waals surface area contributed by atoms with Gasteiger partial charge in [0.25, 0.3) is 0 Å². The van der Waals surface area contributed by atoms with E-state index in [4.69, 9.17) is 0 Å². The molecular formula is C19H36. The van der Waals surface area contributed by atoms with E-state index in [2.05, 4.69) is 45.0 Å². The van der Waals surface area contributed by atoms with Crippen LogP contribution in [0.25, 0.3) is 0 Å². The van der Waals surface area contributed by atoms with E-state index in [0.29, 0.717) is 0 Å². The Labute approximate surface area is 122 Å². The summed E-state index contributed by atoms with van der Waals surface area (Å²) >= 11 is 0. The minimum absolute atomic E-state index is 1.14. The second-order valence-corrected chi connectivity index (χ2v) is 4.61. The van der Waals surface area contributed by atoms with Crippen LogP contribution in [0.1, 0.15) is 85.1 Å². The summed E-state index contributed by atoms with van der Waals surface area (Å²) in [6.45, 7) is 10.7. The Kier molecular flexibility index (Phi) is 21.1. The quantitative estimate of drug-likeness (QED) is 0.464. The number of unbranched alkanes of at least 4 members (excludes halogenated alkanes) is 6. The molecular weight excluding hydrogens is 228 g/mol. The van der Waals surface area contributed by atoms with Gasteiger partial charge in [-0.05, 0) is 12.0 Å². The normalized spacial score (nSPS) is 8.89. The molecule has 0 aliphatic rings. The molecule has 0 amide bonds. The van der Waals surface area contributed by atoms with Gasteiger partial charge in [0.1, 0.15) is 0 Å². The fourth-order valence-corrected chi connectivity index (χ4v) is 1.74. The smallest absolute Gasteiger partial charge is 0.0307 e. The van der Waals surface area contributed by atoms with Crippen molar-refractivity contribution in [1.82, 2.24) is 0 Å². The lowest BCUT2D eigenvalue weighted by Crippen LogP contribution is -1.76. The zero-order valence-corrected chi connectivity index (χ0v) is 14.0. The molecule has 0 bridgehead atoms. The second kappa shape index (κ2) is 19.6. The van der Waals surface area contributed by atoms with Crippen molar-refractivity contribution in [2.75, 3.05) is 0 Å². The molecule has 0 nitrogen and oxygen atoms in total. The maximum Gasteiger partial charge on any atom is -0.0307 e. The summed E-state index contributed by atoms with van der Waals surface area (Å²) in [6, 6.07) is 10.5. The van der Waals surface area contributed by atoms with Crippen molar-refractivity contribution >= 4 is 0 Å². The Morgan fingerprint density at radius 2 is 1.05 bits per heavy atom. The Bertz CT molecular complexity index is 219. The highest BCUT2D eigenvalue weighted by Crippen LogP contribution is 2.05. The molecule has 0 spiro atoms. The third-order valence-electron chi connectivity index (χ3n) is 2.96. The Balaban J connectivity index is 0. The average Bonchev–Trinajstić information content (AvgIpc) is 2.51. The first-order chi connectivity index (χ1) is 9.35. The van der Waals surface area contributed by atoms with Crippen LogP contribution in [0, 0.1) is 0 Å². The molecule has 0 heteroatoms. The van der Waals surface area contributed by atoms with Crippen LogP contribution in [0.15, 0.2) is 30.3 Å². The standard InChI is InChI=1S/C9H20.C8H10.C2H6/c1-3-5-7-9-8-6-4-2;1-2-8-6-4-3-5-7-8;1-2/h3-9H2,1-2H3;3-7H,2H2,1H3;1-2H3. The van der Waals surface area contributed by atoms with Crippen molar-refractivity contribution < 1.29 is 0 Å². The molecule has 0 saturated carbocycles. The van der Waals surface area contributed by atoms with Gasteiger partial charge in [-0.25, -0.2) is 0 Å². The molecule has 0 radical (unpaired) electrons. The SMILES string of the molecule is CC.CCCCCCCCC.CCc1ccccc1. The van der Waals surface area contributed by atoms with Crippen LogP contribution < -0.4 is 0 Å². The number of rotatable bonds is 7. The highest BCUT2D eigenvalue weighted by Gasteiger charge is 1.85. The largest absolute Gasteiger partial charge is 0.0683 e. The topological polar surface area (TPSA) is 0 Å². The highest BCUT2D eigenvalue weighted by molar-refractivity contribution is 5.13. The molecule has 0 atom stereocenters. The Hall–Kier alpha value is -0.780. The van der Waals surface area contributed by atoms with Crippen LogP contribution in [0.2, 0.25) is 0 Å². The van der Waals surface area contributed by atoms with Gasteiger partial charge in [0.2, 0.25) is 0 Å². The summed E-state index contributed by atoms with van der Waals surface area (Å²) in [5.41, 5.74) is 1.41. The predicted octanol–water partition coefficient (Wildman–Crippen LogP) is 7.03. The fraction of sp³-hybridized carbons (Fsp3) is 0.684. The van der Waals surface area contributed by atoms with E-state index in [1.54, 1.807) is 0 Å². The molecule has 0 heterocycles. The number of hydrogen-bond acceptors (Lipinski definition) is 0. The van der Waals surface area contributed by atoms with Crippen molar-refractivity contribution in [3.8, 4) is 0 Å². The lowest BCUT2D eigenvalue weighted by molar-refractivity contribution is 0.602. The van der Waals surface area contributed by atoms with Gasteiger partial charge < -0.3 is 0 Å². The molecule has 0 aliphatic heterocycles. The van der Waals surface area contributed by atoms with Gasteiger partial charge in [0.05, 0.1) is 0 Å². The van der Waals surface area contributed by atoms with E-state index < -0.39 is 0 Å². The van der Waals surface area contributed by atoms with E-state index in [1.165, 1.54) is 50.5 Å².